The van der Waals surface area contributed by atoms with E-state index in [4.69, 9.17) is 0 Å². The summed E-state index contributed by atoms with van der Waals surface area (Å²) >= 11 is 1.44. The molecule has 0 aliphatic carbocycles. The predicted octanol–water partition coefficient (Wildman–Crippen LogP) is 3.34. The number of hydrogen-bond donors (Lipinski definition) is 0. The van der Waals surface area contributed by atoms with Crippen molar-refractivity contribution in [1.82, 2.24) is 0 Å². The third kappa shape index (κ3) is 3.83. The van der Waals surface area contributed by atoms with E-state index in [-0.39, 0.29) is 34.6 Å². The third-order valence-corrected chi connectivity index (χ3v) is 8.30. The highest BCUT2D eigenvalue weighted by Gasteiger charge is 2.49. The minimum atomic E-state index is -3.05. The predicted molar refractivity (Wildman–Crippen MR) is 109 cm³/mol. The van der Waals surface area contributed by atoms with Crippen LogP contribution in [0.1, 0.15) is 37.8 Å². The highest BCUT2D eigenvalue weighted by atomic mass is 32.2. The number of aliphatic imine (C=N–C) groups is 1. The number of carbonyl (C=O) groups is 1. The molecule has 2 aliphatic heterocycles. The maximum atomic E-state index is 12.6. The average molecular weight is 395 g/mol. The van der Waals surface area contributed by atoms with Crippen LogP contribution in [0.2, 0.25) is 0 Å². The number of hydrogen-bond acceptors (Lipinski definition) is 4. The number of benzene rings is 1. The van der Waals surface area contributed by atoms with Gasteiger partial charge in [0.15, 0.2) is 15.0 Å². The van der Waals surface area contributed by atoms with Gasteiger partial charge in [-0.2, -0.15) is 4.99 Å². The molecular formula is C19H26N2O3S2. The van der Waals surface area contributed by atoms with Crippen molar-refractivity contribution in [1.29, 1.82) is 0 Å². The van der Waals surface area contributed by atoms with Crippen molar-refractivity contribution < 1.29 is 13.2 Å². The molecule has 1 aromatic rings. The van der Waals surface area contributed by atoms with Gasteiger partial charge in [0, 0.05) is 16.9 Å². The van der Waals surface area contributed by atoms with Crippen molar-refractivity contribution in [3.8, 4) is 0 Å². The largest absolute Gasteiger partial charge is 0.316 e. The van der Waals surface area contributed by atoms with Gasteiger partial charge < -0.3 is 4.90 Å². The number of amides is 1. The minimum absolute atomic E-state index is 0.0610. The summed E-state index contributed by atoms with van der Waals surface area (Å²) in [6.07, 6.45) is 1.53. The van der Waals surface area contributed by atoms with Crippen molar-refractivity contribution in [3.63, 3.8) is 0 Å². The van der Waals surface area contributed by atoms with E-state index >= 15 is 0 Å². The zero-order valence-electron chi connectivity index (χ0n) is 15.7. The fraction of sp³-hybridized carbons (Fsp3) is 0.579. The van der Waals surface area contributed by atoms with E-state index in [1.165, 1.54) is 11.8 Å². The number of carbonyl (C=O) groups excluding carboxylic acids is 1. The number of rotatable bonds is 4. The van der Waals surface area contributed by atoms with Crippen molar-refractivity contribution in [2.75, 3.05) is 16.4 Å². The fourth-order valence-electron chi connectivity index (χ4n) is 3.78. The topological polar surface area (TPSA) is 66.8 Å². The van der Waals surface area contributed by atoms with E-state index in [9.17, 15) is 13.2 Å². The SMILES string of the molecule is CCC(CC)C(=O)N=C1S[C@@H]2CS(=O)(=O)C[C@@H]2N1c1cc(C)cc(C)c1. The van der Waals surface area contributed by atoms with Crippen LogP contribution in [0.15, 0.2) is 23.2 Å². The Balaban J connectivity index is 2.02. The zero-order valence-corrected chi connectivity index (χ0v) is 17.4. The summed E-state index contributed by atoms with van der Waals surface area (Å²) in [5, 5.41) is 0.589. The number of anilines is 1. The Morgan fingerprint density at radius 1 is 1.19 bits per heavy atom. The Bertz CT molecular complexity index is 824. The molecular weight excluding hydrogens is 368 g/mol. The highest BCUT2D eigenvalue weighted by molar-refractivity contribution is 8.16. The van der Waals surface area contributed by atoms with E-state index in [1.54, 1.807) is 0 Å². The second-order valence-corrected chi connectivity index (χ2v) is 10.6. The van der Waals surface area contributed by atoms with Crippen molar-refractivity contribution >= 4 is 38.4 Å². The second-order valence-electron chi connectivity index (χ2n) is 7.26. The molecule has 2 heterocycles. The summed E-state index contributed by atoms with van der Waals surface area (Å²) in [6, 6.07) is 6.01. The molecule has 5 nitrogen and oxygen atoms in total. The molecule has 7 heteroatoms. The summed E-state index contributed by atoms with van der Waals surface area (Å²) in [7, 11) is -3.05. The normalized spacial score (nSPS) is 25.9. The molecule has 2 fully saturated rings. The van der Waals surface area contributed by atoms with Gasteiger partial charge in [0.25, 0.3) is 5.91 Å². The van der Waals surface area contributed by atoms with Gasteiger partial charge in [-0.25, -0.2) is 8.42 Å². The van der Waals surface area contributed by atoms with Crippen molar-refractivity contribution in [3.05, 3.63) is 29.3 Å². The van der Waals surface area contributed by atoms with Gasteiger partial charge in [-0.05, 0) is 49.9 Å². The maximum Gasteiger partial charge on any atom is 0.251 e. The van der Waals surface area contributed by atoms with Crippen LogP contribution >= 0.6 is 11.8 Å². The molecule has 3 rings (SSSR count). The van der Waals surface area contributed by atoms with Crippen LogP contribution in [0.3, 0.4) is 0 Å². The molecule has 0 unspecified atom stereocenters. The summed E-state index contributed by atoms with van der Waals surface area (Å²) in [4.78, 5) is 19.0. The summed E-state index contributed by atoms with van der Waals surface area (Å²) in [5.74, 6) is 0.0978. The Morgan fingerprint density at radius 3 is 2.38 bits per heavy atom. The first kappa shape index (κ1) is 19.4. The monoisotopic (exact) mass is 394 g/mol. The molecule has 142 valence electrons. The number of thioether (sulfide) groups is 1. The van der Waals surface area contributed by atoms with E-state index in [0.717, 1.165) is 29.7 Å². The number of fused-ring (bicyclic) bond motifs is 1. The molecule has 2 saturated heterocycles. The van der Waals surface area contributed by atoms with E-state index < -0.39 is 9.84 Å². The van der Waals surface area contributed by atoms with Gasteiger partial charge in [0.1, 0.15) is 0 Å². The molecule has 1 aromatic carbocycles. The lowest BCUT2D eigenvalue weighted by Gasteiger charge is -2.25. The van der Waals surface area contributed by atoms with Crippen LogP contribution in [0.5, 0.6) is 0 Å². The molecule has 0 aromatic heterocycles. The van der Waals surface area contributed by atoms with E-state index in [1.807, 2.05) is 44.7 Å². The van der Waals surface area contributed by atoms with Crippen LogP contribution in [0, 0.1) is 19.8 Å². The standard InChI is InChI=1S/C19H26N2O3S2/c1-5-14(6-2)18(22)20-19-21(15-8-12(3)7-13(4)9-15)16-10-26(23,24)11-17(16)25-19/h7-9,14,16-17H,5-6,10-11H2,1-4H3/t16-,17+/m0/s1. The number of amidine groups is 1. The lowest BCUT2D eigenvalue weighted by molar-refractivity contribution is -0.121. The minimum Gasteiger partial charge on any atom is -0.316 e. The van der Waals surface area contributed by atoms with Gasteiger partial charge >= 0.3 is 0 Å². The number of aryl methyl sites for hydroxylation is 2. The van der Waals surface area contributed by atoms with Crippen LogP contribution in [-0.4, -0.2) is 42.3 Å². The molecule has 0 radical (unpaired) electrons. The number of sulfone groups is 1. The van der Waals surface area contributed by atoms with Gasteiger partial charge in [-0.3, -0.25) is 4.79 Å². The molecule has 26 heavy (non-hydrogen) atoms. The first-order valence-electron chi connectivity index (χ1n) is 9.11. The average Bonchev–Trinajstić information content (AvgIpc) is 2.98. The van der Waals surface area contributed by atoms with E-state index in [2.05, 4.69) is 11.1 Å². The first-order chi connectivity index (χ1) is 12.2. The smallest absolute Gasteiger partial charge is 0.251 e. The third-order valence-electron chi connectivity index (χ3n) is 5.09. The van der Waals surface area contributed by atoms with E-state index in [0.29, 0.717) is 5.17 Å². The van der Waals surface area contributed by atoms with Crippen LogP contribution in [0.4, 0.5) is 5.69 Å². The van der Waals surface area contributed by atoms with Gasteiger partial charge in [0.05, 0.1) is 17.5 Å². The molecule has 2 aliphatic rings. The Labute approximate surface area is 160 Å². The Morgan fingerprint density at radius 2 is 1.81 bits per heavy atom. The Kier molecular flexibility index (Phi) is 5.49. The highest BCUT2D eigenvalue weighted by Crippen LogP contribution is 2.41. The molecule has 2 atom stereocenters. The zero-order chi connectivity index (χ0) is 19.1. The molecule has 0 spiro atoms. The second kappa shape index (κ2) is 7.35. The maximum absolute atomic E-state index is 12.6. The number of nitrogens with zero attached hydrogens (tertiary/aromatic N) is 2. The summed E-state index contributed by atoms with van der Waals surface area (Å²) in [6.45, 7) is 8.04. The molecule has 0 N–H and O–H groups in total. The van der Waals surface area contributed by atoms with Crippen molar-refractivity contribution in [2.24, 2.45) is 10.9 Å². The van der Waals surface area contributed by atoms with Gasteiger partial charge in [-0.15, -0.1) is 0 Å². The van der Waals surface area contributed by atoms with Gasteiger partial charge in [-0.1, -0.05) is 31.7 Å². The quantitative estimate of drug-likeness (QED) is 0.783. The van der Waals surface area contributed by atoms with Crippen LogP contribution in [-0.2, 0) is 14.6 Å². The van der Waals surface area contributed by atoms with Crippen molar-refractivity contribution in [2.45, 2.75) is 51.8 Å². The van der Waals surface area contributed by atoms with Crippen LogP contribution < -0.4 is 4.90 Å². The molecule has 0 bridgehead atoms. The molecule has 0 saturated carbocycles. The Hall–Kier alpha value is -1.34. The first-order valence-corrected chi connectivity index (χ1v) is 11.8. The summed E-state index contributed by atoms with van der Waals surface area (Å²) in [5.41, 5.74) is 3.15. The van der Waals surface area contributed by atoms with Crippen LogP contribution in [0.25, 0.3) is 0 Å². The summed E-state index contributed by atoms with van der Waals surface area (Å²) < 4.78 is 24.3. The fourth-order valence-corrected chi connectivity index (χ4v) is 7.70. The molecule has 1 amide bonds. The lowest BCUT2D eigenvalue weighted by atomic mass is 10.0. The van der Waals surface area contributed by atoms with Gasteiger partial charge in [0.2, 0.25) is 0 Å². The lowest BCUT2D eigenvalue weighted by Crippen LogP contribution is -2.38.